The molecule has 2 heterocycles. The SMILES string of the molecule is COC(=O)C1CCCN1c1ncc(Cl)cn1. The highest BCUT2D eigenvalue weighted by Crippen LogP contribution is 2.23. The van der Waals surface area contributed by atoms with Gasteiger partial charge < -0.3 is 9.64 Å². The number of hydrogen-bond donors (Lipinski definition) is 0. The molecule has 0 radical (unpaired) electrons. The lowest BCUT2D eigenvalue weighted by molar-refractivity contribution is -0.141. The first-order chi connectivity index (χ1) is 7.72. The second kappa shape index (κ2) is 4.65. The summed E-state index contributed by atoms with van der Waals surface area (Å²) in [7, 11) is 1.39. The van der Waals surface area contributed by atoms with Crippen LogP contribution < -0.4 is 4.90 Å². The van der Waals surface area contributed by atoms with Crippen LogP contribution in [0.1, 0.15) is 12.8 Å². The molecule has 1 saturated heterocycles. The van der Waals surface area contributed by atoms with Crippen LogP contribution in [0.15, 0.2) is 12.4 Å². The minimum Gasteiger partial charge on any atom is -0.467 e. The van der Waals surface area contributed by atoms with Gasteiger partial charge in [0.25, 0.3) is 0 Å². The van der Waals surface area contributed by atoms with E-state index in [9.17, 15) is 4.79 Å². The van der Waals surface area contributed by atoms with Crippen molar-refractivity contribution in [2.75, 3.05) is 18.6 Å². The lowest BCUT2D eigenvalue weighted by Crippen LogP contribution is -2.37. The molecule has 16 heavy (non-hydrogen) atoms. The molecule has 1 aliphatic rings. The molecule has 1 unspecified atom stereocenters. The van der Waals surface area contributed by atoms with E-state index >= 15 is 0 Å². The molecule has 1 aliphatic heterocycles. The topological polar surface area (TPSA) is 55.3 Å². The Bertz CT molecular complexity index is 382. The van der Waals surface area contributed by atoms with Crippen LogP contribution in [0.2, 0.25) is 5.02 Å². The summed E-state index contributed by atoms with van der Waals surface area (Å²) in [5.41, 5.74) is 0. The molecule has 0 bridgehead atoms. The number of hydrogen-bond acceptors (Lipinski definition) is 5. The van der Waals surface area contributed by atoms with Crippen LogP contribution in [0.25, 0.3) is 0 Å². The molecule has 5 nitrogen and oxygen atoms in total. The molecule has 1 aromatic heterocycles. The highest BCUT2D eigenvalue weighted by Gasteiger charge is 2.33. The van der Waals surface area contributed by atoms with Crippen LogP contribution in [-0.4, -0.2) is 35.6 Å². The van der Waals surface area contributed by atoms with Crippen molar-refractivity contribution < 1.29 is 9.53 Å². The van der Waals surface area contributed by atoms with Gasteiger partial charge in [-0.2, -0.15) is 0 Å². The number of ether oxygens (including phenoxy) is 1. The molecule has 86 valence electrons. The third-order valence-corrected chi connectivity index (χ3v) is 2.78. The molecule has 2 rings (SSSR count). The fraction of sp³-hybridized carbons (Fsp3) is 0.500. The molecule has 0 saturated carbocycles. The Kier molecular flexibility index (Phi) is 3.24. The highest BCUT2D eigenvalue weighted by molar-refractivity contribution is 6.30. The quantitative estimate of drug-likeness (QED) is 0.730. The number of esters is 1. The highest BCUT2D eigenvalue weighted by atomic mass is 35.5. The van der Waals surface area contributed by atoms with E-state index < -0.39 is 0 Å². The Balaban J connectivity index is 2.19. The Morgan fingerprint density at radius 1 is 1.56 bits per heavy atom. The maximum atomic E-state index is 11.5. The second-order valence-corrected chi connectivity index (χ2v) is 4.01. The molecule has 0 amide bonds. The van der Waals surface area contributed by atoms with Gasteiger partial charge in [0.1, 0.15) is 6.04 Å². The van der Waals surface area contributed by atoms with E-state index in [0.717, 1.165) is 19.4 Å². The number of methoxy groups -OCH3 is 1. The summed E-state index contributed by atoms with van der Waals surface area (Å²) >= 11 is 5.71. The summed E-state index contributed by atoms with van der Waals surface area (Å²) in [6, 6.07) is -0.272. The van der Waals surface area contributed by atoms with Gasteiger partial charge in [-0.05, 0) is 12.8 Å². The molecular weight excluding hydrogens is 230 g/mol. The minimum absolute atomic E-state index is 0.240. The van der Waals surface area contributed by atoms with E-state index in [4.69, 9.17) is 16.3 Å². The summed E-state index contributed by atoms with van der Waals surface area (Å²) in [4.78, 5) is 21.6. The van der Waals surface area contributed by atoms with Gasteiger partial charge in [-0.1, -0.05) is 11.6 Å². The van der Waals surface area contributed by atoms with Crippen molar-refractivity contribution in [2.45, 2.75) is 18.9 Å². The first-order valence-electron chi connectivity index (χ1n) is 5.04. The zero-order valence-electron chi connectivity index (χ0n) is 8.89. The van der Waals surface area contributed by atoms with Crippen molar-refractivity contribution in [3.05, 3.63) is 17.4 Å². The normalized spacial score (nSPS) is 19.9. The Labute approximate surface area is 98.4 Å². The Morgan fingerprint density at radius 3 is 2.88 bits per heavy atom. The fourth-order valence-corrected chi connectivity index (χ4v) is 1.94. The maximum absolute atomic E-state index is 11.5. The third kappa shape index (κ3) is 2.09. The predicted molar refractivity (Wildman–Crippen MR) is 59.4 cm³/mol. The summed E-state index contributed by atoms with van der Waals surface area (Å²) in [6.07, 6.45) is 4.76. The van der Waals surface area contributed by atoms with E-state index in [1.54, 1.807) is 0 Å². The van der Waals surface area contributed by atoms with Gasteiger partial charge >= 0.3 is 5.97 Å². The number of carbonyl (C=O) groups is 1. The van der Waals surface area contributed by atoms with Crippen LogP contribution in [-0.2, 0) is 9.53 Å². The monoisotopic (exact) mass is 241 g/mol. The van der Waals surface area contributed by atoms with Crippen molar-refractivity contribution >= 4 is 23.5 Å². The number of anilines is 1. The van der Waals surface area contributed by atoms with E-state index in [-0.39, 0.29) is 12.0 Å². The Hall–Kier alpha value is -1.36. The van der Waals surface area contributed by atoms with Crippen LogP contribution in [0.4, 0.5) is 5.95 Å². The zero-order chi connectivity index (χ0) is 11.5. The molecule has 1 fully saturated rings. The lowest BCUT2D eigenvalue weighted by Gasteiger charge is -2.22. The molecule has 6 heteroatoms. The number of halogens is 1. The van der Waals surface area contributed by atoms with Gasteiger partial charge in [0, 0.05) is 6.54 Å². The van der Waals surface area contributed by atoms with Crippen LogP contribution in [0.3, 0.4) is 0 Å². The van der Waals surface area contributed by atoms with E-state index in [1.807, 2.05) is 4.90 Å². The molecular formula is C10H12ClN3O2. The van der Waals surface area contributed by atoms with Gasteiger partial charge in [0.15, 0.2) is 0 Å². The van der Waals surface area contributed by atoms with Crippen molar-refractivity contribution in [2.24, 2.45) is 0 Å². The third-order valence-electron chi connectivity index (χ3n) is 2.59. The van der Waals surface area contributed by atoms with Gasteiger partial charge in [-0.25, -0.2) is 14.8 Å². The van der Waals surface area contributed by atoms with Gasteiger partial charge in [0.2, 0.25) is 5.95 Å². The maximum Gasteiger partial charge on any atom is 0.328 e. The van der Waals surface area contributed by atoms with Crippen molar-refractivity contribution in [3.8, 4) is 0 Å². The van der Waals surface area contributed by atoms with Crippen molar-refractivity contribution in [1.82, 2.24) is 9.97 Å². The average Bonchev–Trinajstić information content (AvgIpc) is 2.78. The fourth-order valence-electron chi connectivity index (χ4n) is 1.84. The van der Waals surface area contributed by atoms with Crippen LogP contribution in [0.5, 0.6) is 0 Å². The number of nitrogens with zero attached hydrogens (tertiary/aromatic N) is 3. The second-order valence-electron chi connectivity index (χ2n) is 3.58. The first-order valence-corrected chi connectivity index (χ1v) is 5.42. The van der Waals surface area contributed by atoms with Gasteiger partial charge in [0.05, 0.1) is 24.5 Å². The number of aromatic nitrogens is 2. The lowest BCUT2D eigenvalue weighted by atomic mass is 10.2. The molecule has 0 N–H and O–H groups in total. The van der Waals surface area contributed by atoms with Crippen molar-refractivity contribution in [3.63, 3.8) is 0 Å². The molecule has 1 atom stereocenters. The first kappa shape index (κ1) is 11.1. The predicted octanol–water partition coefficient (Wildman–Crippen LogP) is 1.27. The molecule has 0 aromatic carbocycles. The smallest absolute Gasteiger partial charge is 0.328 e. The number of rotatable bonds is 2. The largest absolute Gasteiger partial charge is 0.467 e. The number of carbonyl (C=O) groups excluding carboxylic acids is 1. The molecule has 0 aliphatic carbocycles. The average molecular weight is 242 g/mol. The standard InChI is InChI=1S/C10H12ClN3O2/c1-16-9(15)8-3-2-4-14(8)10-12-5-7(11)6-13-10/h5-6,8H,2-4H2,1H3. The molecule has 0 spiro atoms. The summed E-state index contributed by atoms with van der Waals surface area (Å²) in [5, 5.41) is 0.484. The Morgan fingerprint density at radius 2 is 2.25 bits per heavy atom. The van der Waals surface area contributed by atoms with Gasteiger partial charge in [-0.15, -0.1) is 0 Å². The molecule has 1 aromatic rings. The summed E-state index contributed by atoms with van der Waals surface area (Å²) in [6.45, 7) is 0.765. The van der Waals surface area contributed by atoms with Crippen LogP contribution in [0, 0.1) is 0 Å². The van der Waals surface area contributed by atoms with E-state index in [1.165, 1.54) is 19.5 Å². The van der Waals surface area contributed by atoms with E-state index in [0.29, 0.717) is 11.0 Å². The zero-order valence-corrected chi connectivity index (χ0v) is 9.65. The van der Waals surface area contributed by atoms with Gasteiger partial charge in [-0.3, -0.25) is 0 Å². The van der Waals surface area contributed by atoms with E-state index in [2.05, 4.69) is 9.97 Å². The summed E-state index contributed by atoms with van der Waals surface area (Å²) in [5.74, 6) is 0.286. The van der Waals surface area contributed by atoms with Crippen molar-refractivity contribution in [1.29, 1.82) is 0 Å². The summed E-state index contributed by atoms with van der Waals surface area (Å²) < 4.78 is 4.75. The minimum atomic E-state index is -0.272. The van der Waals surface area contributed by atoms with Crippen LogP contribution >= 0.6 is 11.6 Å².